The van der Waals surface area contributed by atoms with Crippen LogP contribution in [0.5, 0.6) is 5.75 Å². The molecule has 0 radical (unpaired) electrons. The Bertz CT molecular complexity index is 366. The van der Waals surface area contributed by atoms with Gasteiger partial charge in [0.1, 0.15) is 18.4 Å². The first-order valence-corrected chi connectivity index (χ1v) is 4.92. The molecule has 0 aliphatic heterocycles. The van der Waals surface area contributed by atoms with Gasteiger partial charge in [-0.25, -0.2) is 0 Å². The van der Waals surface area contributed by atoms with Gasteiger partial charge in [0.25, 0.3) is 0 Å². The number of hydrogen-bond donors (Lipinski definition) is 0. The Morgan fingerprint density at radius 1 is 1.40 bits per heavy atom. The number of nitriles is 1. The van der Waals surface area contributed by atoms with E-state index >= 15 is 0 Å². The highest BCUT2D eigenvalue weighted by Gasteiger charge is 2.03. The molecule has 0 aliphatic carbocycles. The molecule has 0 saturated heterocycles. The Kier molecular flexibility index (Phi) is 4.14. The van der Waals surface area contributed by atoms with Crippen LogP contribution in [0.2, 0.25) is 0 Å². The van der Waals surface area contributed by atoms with Crippen molar-refractivity contribution in [1.29, 1.82) is 5.26 Å². The van der Waals surface area contributed by atoms with Crippen molar-refractivity contribution < 1.29 is 4.74 Å². The van der Waals surface area contributed by atoms with Gasteiger partial charge in [-0.3, -0.25) is 0 Å². The van der Waals surface area contributed by atoms with E-state index in [0.717, 1.165) is 12.1 Å². The molecular formula is C12H16N2O. The van der Waals surface area contributed by atoms with Crippen molar-refractivity contribution in [3.05, 3.63) is 29.3 Å². The smallest absolute Gasteiger partial charge is 0.137 e. The summed E-state index contributed by atoms with van der Waals surface area (Å²) in [6, 6.07) is 7.73. The van der Waals surface area contributed by atoms with E-state index in [-0.39, 0.29) is 0 Å². The molecule has 1 rings (SSSR count). The molecule has 0 aromatic heterocycles. The number of hydrogen-bond acceptors (Lipinski definition) is 3. The van der Waals surface area contributed by atoms with Crippen LogP contribution in [0.3, 0.4) is 0 Å². The molecule has 0 heterocycles. The summed E-state index contributed by atoms with van der Waals surface area (Å²) >= 11 is 0. The first-order valence-electron chi connectivity index (χ1n) is 4.92. The van der Waals surface area contributed by atoms with E-state index in [4.69, 9.17) is 10.00 Å². The molecule has 0 atom stereocenters. The Morgan fingerprint density at radius 3 is 2.73 bits per heavy atom. The zero-order valence-corrected chi connectivity index (χ0v) is 9.45. The second-order valence-corrected chi connectivity index (χ2v) is 3.76. The van der Waals surface area contributed by atoms with Gasteiger partial charge in [0.2, 0.25) is 0 Å². The van der Waals surface area contributed by atoms with Crippen LogP contribution in [-0.4, -0.2) is 32.1 Å². The third kappa shape index (κ3) is 3.61. The first-order chi connectivity index (χ1) is 7.13. The molecule has 0 aliphatic rings. The molecule has 0 amide bonds. The summed E-state index contributed by atoms with van der Waals surface area (Å²) in [5.74, 6) is 0.680. The van der Waals surface area contributed by atoms with Gasteiger partial charge in [-0.1, -0.05) is 6.07 Å². The zero-order valence-electron chi connectivity index (χ0n) is 9.45. The van der Waals surface area contributed by atoms with Crippen molar-refractivity contribution >= 4 is 0 Å². The maximum Gasteiger partial charge on any atom is 0.137 e. The molecule has 15 heavy (non-hydrogen) atoms. The van der Waals surface area contributed by atoms with Gasteiger partial charge >= 0.3 is 0 Å². The minimum absolute atomic E-state index is 0.597. The lowest BCUT2D eigenvalue weighted by molar-refractivity contribution is 0.261. The molecule has 0 spiro atoms. The monoisotopic (exact) mass is 204 g/mol. The van der Waals surface area contributed by atoms with Crippen LogP contribution in [0.25, 0.3) is 0 Å². The molecule has 80 valence electrons. The molecular weight excluding hydrogens is 188 g/mol. The summed E-state index contributed by atoms with van der Waals surface area (Å²) in [6.45, 7) is 3.43. The van der Waals surface area contributed by atoms with Crippen LogP contribution in [0.4, 0.5) is 0 Å². The van der Waals surface area contributed by atoms with E-state index in [9.17, 15) is 0 Å². The summed E-state index contributed by atoms with van der Waals surface area (Å²) < 4.78 is 5.56. The maximum atomic E-state index is 8.88. The standard InChI is InChI=1S/C12H16N2O/c1-10-4-5-11(9-13)12(8-10)15-7-6-14(2)3/h4-5,8H,6-7H2,1-3H3. The zero-order chi connectivity index (χ0) is 11.3. The molecule has 0 bridgehead atoms. The lowest BCUT2D eigenvalue weighted by Crippen LogP contribution is -2.19. The molecule has 0 unspecified atom stereocenters. The number of rotatable bonds is 4. The SMILES string of the molecule is Cc1ccc(C#N)c(OCCN(C)C)c1. The van der Waals surface area contributed by atoms with Crippen LogP contribution in [0.15, 0.2) is 18.2 Å². The number of likely N-dealkylation sites (N-methyl/N-ethyl adjacent to an activating group) is 1. The Morgan fingerprint density at radius 2 is 2.13 bits per heavy atom. The average Bonchev–Trinajstić information content (AvgIpc) is 2.17. The van der Waals surface area contributed by atoms with E-state index in [1.165, 1.54) is 0 Å². The third-order valence-electron chi connectivity index (χ3n) is 2.05. The van der Waals surface area contributed by atoms with Crippen molar-refractivity contribution in [1.82, 2.24) is 4.90 Å². The highest BCUT2D eigenvalue weighted by atomic mass is 16.5. The summed E-state index contributed by atoms with van der Waals surface area (Å²) in [4.78, 5) is 2.04. The summed E-state index contributed by atoms with van der Waals surface area (Å²) in [5.41, 5.74) is 1.70. The summed E-state index contributed by atoms with van der Waals surface area (Å²) in [5, 5.41) is 8.88. The second kappa shape index (κ2) is 5.38. The van der Waals surface area contributed by atoms with Gasteiger partial charge in [0, 0.05) is 6.54 Å². The predicted octanol–water partition coefficient (Wildman–Crippen LogP) is 1.81. The number of nitrogens with zero attached hydrogens (tertiary/aromatic N) is 2. The fraction of sp³-hybridized carbons (Fsp3) is 0.417. The number of benzene rings is 1. The van der Waals surface area contributed by atoms with Gasteiger partial charge < -0.3 is 9.64 Å². The van der Waals surface area contributed by atoms with E-state index in [0.29, 0.717) is 17.9 Å². The molecule has 1 aromatic carbocycles. The van der Waals surface area contributed by atoms with Crippen LogP contribution < -0.4 is 4.74 Å². The molecule has 0 fully saturated rings. The third-order valence-corrected chi connectivity index (χ3v) is 2.05. The van der Waals surface area contributed by atoms with Gasteiger partial charge in [-0.2, -0.15) is 5.26 Å². The molecule has 1 aromatic rings. The van der Waals surface area contributed by atoms with E-state index < -0.39 is 0 Å². The number of aryl methyl sites for hydroxylation is 1. The Balaban J connectivity index is 2.67. The normalized spacial score (nSPS) is 10.1. The van der Waals surface area contributed by atoms with E-state index in [1.54, 1.807) is 6.07 Å². The lowest BCUT2D eigenvalue weighted by atomic mass is 10.1. The predicted molar refractivity (Wildman–Crippen MR) is 59.9 cm³/mol. The fourth-order valence-corrected chi connectivity index (χ4v) is 1.18. The largest absolute Gasteiger partial charge is 0.491 e. The van der Waals surface area contributed by atoms with Crippen molar-refractivity contribution in [2.45, 2.75) is 6.92 Å². The van der Waals surface area contributed by atoms with Gasteiger partial charge in [-0.15, -0.1) is 0 Å². The molecule has 0 N–H and O–H groups in total. The molecule has 0 saturated carbocycles. The summed E-state index contributed by atoms with van der Waals surface area (Å²) in [6.07, 6.45) is 0. The van der Waals surface area contributed by atoms with E-state index in [1.807, 2.05) is 38.1 Å². The second-order valence-electron chi connectivity index (χ2n) is 3.76. The lowest BCUT2D eigenvalue weighted by Gasteiger charge is -2.12. The topological polar surface area (TPSA) is 36.3 Å². The molecule has 3 heteroatoms. The van der Waals surface area contributed by atoms with Crippen molar-refractivity contribution in [3.8, 4) is 11.8 Å². The van der Waals surface area contributed by atoms with Crippen molar-refractivity contribution in [2.24, 2.45) is 0 Å². The van der Waals surface area contributed by atoms with Gasteiger partial charge in [0.15, 0.2) is 0 Å². The molecule has 3 nitrogen and oxygen atoms in total. The maximum absolute atomic E-state index is 8.88. The Labute approximate surface area is 90.9 Å². The minimum Gasteiger partial charge on any atom is -0.491 e. The highest BCUT2D eigenvalue weighted by molar-refractivity contribution is 5.44. The van der Waals surface area contributed by atoms with Crippen LogP contribution in [-0.2, 0) is 0 Å². The van der Waals surface area contributed by atoms with E-state index in [2.05, 4.69) is 6.07 Å². The van der Waals surface area contributed by atoms with Crippen LogP contribution >= 0.6 is 0 Å². The fourth-order valence-electron chi connectivity index (χ4n) is 1.18. The van der Waals surface area contributed by atoms with Crippen LogP contribution in [0, 0.1) is 18.3 Å². The van der Waals surface area contributed by atoms with Crippen LogP contribution in [0.1, 0.15) is 11.1 Å². The van der Waals surface area contributed by atoms with Gasteiger partial charge in [-0.05, 0) is 38.7 Å². The van der Waals surface area contributed by atoms with Gasteiger partial charge in [0.05, 0.1) is 5.56 Å². The summed E-state index contributed by atoms with van der Waals surface area (Å²) in [7, 11) is 3.98. The number of ether oxygens (including phenoxy) is 1. The Hall–Kier alpha value is -1.53. The average molecular weight is 204 g/mol. The van der Waals surface area contributed by atoms with Crippen molar-refractivity contribution in [3.63, 3.8) is 0 Å². The van der Waals surface area contributed by atoms with Crippen molar-refractivity contribution in [2.75, 3.05) is 27.2 Å². The highest BCUT2D eigenvalue weighted by Crippen LogP contribution is 2.19. The minimum atomic E-state index is 0.597. The first kappa shape index (κ1) is 11.5. The quantitative estimate of drug-likeness (QED) is 0.750.